The monoisotopic (exact) mass is 418 g/mol. The van der Waals surface area contributed by atoms with E-state index in [0.717, 1.165) is 6.08 Å². The minimum absolute atomic E-state index is 0.112. The summed E-state index contributed by atoms with van der Waals surface area (Å²) in [6, 6.07) is 17.4. The number of hydrogen-bond acceptors (Lipinski definition) is 7. The SMILES string of the molecule is COc1cc(C=CC(=O)O)ccc1OC(=O)c1ccccc1N=Nc1ccc(O)cc1. The van der Waals surface area contributed by atoms with E-state index in [9.17, 15) is 14.7 Å². The van der Waals surface area contributed by atoms with Crippen LogP contribution in [0.4, 0.5) is 11.4 Å². The normalized spacial score (nSPS) is 11.0. The number of ether oxygens (including phenoxy) is 2. The van der Waals surface area contributed by atoms with Crippen LogP contribution in [0.1, 0.15) is 15.9 Å². The van der Waals surface area contributed by atoms with Crippen molar-refractivity contribution in [2.45, 2.75) is 0 Å². The summed E-state index contributed by atoms with van der Waals surface area (Å²) in [5.74, 6) is -1.18. The molecule has 0 atom stereocenters. The molecule has 0 heterocycles. The molecule has 31 heavy (non-hydrogen) atoms. The van der Waals surface area contributed by atoms with Crippen molar-refractivity contribution in [2.24, 2.45) is 10.2 Å². The van der Waals surface area contributed by atoms with Gasteiger partial charge >= 0.3 is 11.9 Å². The Balaban J connectivity index is 1.82. The third kappa shape index (κ3) is 5.77. The molecule has 8 nitrogen and oxygen atoms in total. The molecule has 0 spiro atoms. The van der Waals surface area contributed by atoms with Crippen molar-refractivity contribution in [1.29, 1.82) is 0 Å². The van der Waals surface area contributed by atoms with E-state index in [1.165, 1.54) is 31.4 Å². The summed E-state index contributed by atoms with van der Waals surface area (Å²) in [7, 11) is 1.41. The van der Waals surface area contributed by atoms with Crippen LogP contribution in [0, 0.1) is 0 Å². The predicted octanol–water partition coefficient (Wildman–Crippen LogP) is 5.13. The van der Waals surface area contributed by atoms with Gasteiger partial charge in [0.25, 0.3) is 0 Å². The van der Waals surface area contributed by atoms with E-state index in [2.05, 4.69) is 10.2 Å². The highest BCUT2D eigenvalue weighted by Crippen LogP contribution is 2.31. The molecule has 0 aliphatic rings. The Kier molecular flexibility index (Phi) is 6.74. The van der Waals surface area contributed by atoms with E-state index in [4.69, 9.17) is 14.6 Å². The molecule has 2 N–H and O–H groups in total. The fourth-order valence-corrected chi connectivity index (χ4v) is 2.56. The maximum absolute atomic E-state index is 12.8. The van der Waals surface area contributed by atoms with Crippen molar-refractivity contribution < 1.29 is 29.3 Å². The van der Waals surface area contributed by atoms with Crippen LogP contribution in [-0.4, -0.2) is 29.3 Å². The molecule has 8 heteroatoms. The molecule has 0 aliphatic carbocycles. The van der Waals surface area contributed by atoms with Gasteiger partial charge < -0.3 is 19.7 Å². The van der Waals surface area contributed by atoms with E-state index < -0.39 is 11.9 Å². The van der Waals surface area contributed by atoms with Crippen LogP contribution in [0.15, 0.2) is 83.0 Å². The summed E-state index contributed by atoms with van der Waals surface area (Å²) in [6.45, 7) is 0. The average molecular weight is 418 g/mol. The molecule has 0 bridgehead atoms. The molecule has 3 aromatic carbocycles. The first-order chi connectivity index (χ1) is 15.0. The number of hydrogen-bond donors (Lipinski definition) is 2. The minimum atomic E-state index is -1.08. The zero-order chi connectivity index (χ0) is 22.2. The van der Waals surface area contributed by atoms with E-state index in [1.807, 2.05) is 0 Å². The van der Waals surface area contributed by atoms with Gasteiger partial charge in [-0.25, -0.2) is 9.59 Å². The van der Waals surface area contributed by atoms with Crippen molar-refractivity contribution in [3.8, 4) is 17.2 Å². The Hall–Kier alpha value is -4.46. The summed E-state index contributed by atoms with van der Waals surface area (Å²) < 4.78 is 10.7. The first kappa shape index (κ1) is 21.3. The Morgan fingerprint density at radius 3 is 2.39 bits per heavy atom. The van der Waals surface area contributed by atoms with Gasteiger partial charge in [0, 0.05) is 6.08 Å². The number of esters is 1. The number of rotatable bonds is 7. The molecule has 3 aromatic rings. The standard InChI is InChI=1S/C23H18N2O6/c1-30-21-14-15(7-13-22(27)28)6-12-20(21)31-23(29)18-4-2-3-5-19(18)25-24-16-8-10-17(26)11-9-16/h2-14,26H,1H3,(H,27,28). The second-order valence-electron chi connectivity index (χ2n) is 6.20. The maximum atomic E-state index is 12.8. The van der Waals surface area contributed by atoms with Crippen LogP contribution in [-0.2, 0) is 4.79 Å². The van der Waals surface area contributed by atoms with Gasteiger partial charge in [-0.05, 0) is 60.2 Å². The lowest BCUT2D eigenvalue weighted by atomic mass is 10.1. The van der Waals surface area contributed by atoms with Crippen LogP contribution < -0.4 is 9.47 Å². The summed E-state index contributed by atoms with van der Waals surface area (Å²) in [5.41, 5.74) is 1.58. The van der Waals surface area contributed by atoms with Crippen molar-refractivity contribution in [1.82, 2.24) is 0 Å². The number of azo groups is 1. The minimum Gasteiger partial charge on any atom is -0.508 e. The highest BCUT2D eigenvalue weighted by Gasteiger charge is 2.16. The van der Waals surface area contributed by atoms with Gasteiger partial charge in [0.05, 0.1) is 18.4 Å². The number of phenolic OH excluding ortho intramolecular Hbond substituents is 1. The van der Waals surface area contributed by atoms with Gasteiger partial charge in [-0.1, -0.05) is 18.2 Å². The number of carbonyl (C=O) groups is 2. The Morgan fingerprint density at radius 2 is 1.68 bits per heavy atom. The summed E-state index contributed by atoms with van der Waals surface area (Å²) in [4.78, 5) is 23.4. The van der Waals surface area contributed by atoms with Crippen LogP contribution >= 0.6 is 0 Å². The third-order valence-corrected chi connectivity index (χ3v) is 4.06. The lowest BCUT2D eigenvalue weighted by Gasteiger charge is -2.10. The zero-order valence-corrected chi connectivity index (χ0v) is 16.4. The number of methoxy groups -OCH3 is 1. The number of aliphatic carboxylic acids is 1. The first-order valence-electron chi connectivity index (χ1n) is 9.07. The number of carboxylic acid groups (broad SMARTS) is 1. The first-order valence-corrected chi connectivity index (χ1v) is 9.07. The molecule has 3 rings (SSSR count). The molecule has 0 amide bonds. The third-order valence-electron chi connectivity index (χ3n) is 4.06. The fourth-order valence-electron chi connectivity index (χ4n) is 2.56. The Labute approximate surface area is 177 Å². The molecule has 0 saturated heterocycles. The van der Waals surface area contributed by atoms with E-state index in [0.29, 0.717) is 16.9 Å². The second-order valence-corrected chi connectivity index (χ2v) is 6.20. The summed E-state index contributed by atoms with van der Waals surface area (Å²) >= 11 is 0. The fraction of sp³-hybridized carbons (Fsp3) is 0.0435. The Morgan fingerprint density at radius 1 is 0.935 bits per heavy atom. The second kappa shape index (κ2) is 9.84. The zero-order valence-electron chi connectivity index (χ0n) is 16.4. The maximum Gasteiger partial charge on any atom is 0.345 e. The highest BCUT2D eigenvalue weighted by atomic mass is 16.6. The van der Waals surface area contributed by atoms with Gasteiger partial charge in [0.1, 0.15) is 11.4 Å². The van der Waals surface area contributed by atoms with Crippen molar-refractivity contribution in [3.63, 3.8) is 0 Å². The number of phenols is 1. The molecule has 0 aliphatic heterocycles. The smallest absolute Gasteiger partial charge is 0.345 e. The van der Waals surface area contributed by atoms with Crippen LogP contribution in [0.5, 0.6) is 17.2 Å². The molecule has 0 unspecified atom stereocenters. The quantitative estimate of drug-likeness (QED) is 0.238. The molecule has 0 fully saturated rings. The lowest BCUT2D eigenvalue weighted by molar-refractivity contribution is -0.131. The van der Waals surface area contributed by atoms with Gasteiger partial charge in [-0.15, -0.1) is 5.11 Å². The van der Waals surface area contributed by atoms with E-state index in [1.54, 1.807) is 48.5 Å². The number of benzene rings is 3. The number of carbonyl (C=O) groups excluding carboxylic acids is 1. The molecular weight excluding hydrogens is 400 g/mol. The van der Waals surface area contributed by atoms with Gasteiger partial charge in [0.15, 0.2) is 11.5 Å². The largest absolute Gasteiger partial charge is 0.508 e. The summed E-state index contributed by atoms with van der Waals surface area (Å²) in [5, 5.41) is 26.3. The van der Waals surface area contributed by atoms with Crippen LogP contribution in [0.3, 0.4) is 0 Å². The van der Waals surface area contributed by atoms with Crippen molar-refractivity contribution in [3.05, 3.63) is 83.9 Å². The van der Waals surface area contributed by atoms with E-state index in [-0.39, 0.29) is 22.8 Å². The van der Waals surface area contributed by atoms with Gasteiger partial charge in [-0.3, -0.25) is 0 Å². The van der Waals surface area contributed by atoms with Crippen LogP contribution in [0.2, 0.25) is 0 Å². The number of carboxylic acids is 1. The van der Waals surface area contributed by atoms with Gasteiger partial charge in [0.2, 0.25) is 0 Å². The topological polar surface area (TPSA) is 118 Å². The molecule has 156 valence electrons. The molecular formula is C23H18N2O6. The molecule has 0 aromatic heterocycles. The van der Waals surface area contributed by atoms with Gasteiger partial charge in [-0.2, -0.15) is 5.11 Å². The average Bonchev–Trinajstić information content (AvgIpc) is 2.78. The predicted molar refractivity (Wildman–Crippen MR) is 113 cm³/mol. The van der Waals surface area contributed by atoms with Crippen LogP contribution in [0.25, 0.3) is 6.08 Å². The molecule has 0 saturated carbocycles. The highest BCUT2D eigenvalue weighted by molar-refractivity contribution is 5.96. The van der Waals surface area contributed by atoms with Crippen molar-refractivity contribution in [2.75, 3.05) is 7.11 Å². The van der Waals surface area contributed by atoms with Crippen molar-refractivity contribution >= 4 is 29.4 Å². The summed E-state index contributed by atoms with van der Waals surface area (Å²) in [6.07, 6.45) is 2.39. The number of nitrogens with zero attached hydrogens (tertiary/aromatic N) is 2. The number of aromatic hydroxyl groups is 1. The molecule has 0 radical (unpaired) electrons. The Bertz CT molecular complexity index is 1150. The lowest BCUT2D eigenvalue weighted by Crippen LogP contribution is -2.09. The van der Waals surface area contributed by atoms with E-state index >= 15 is 0 Å².